The molecule has 0 aromatic heterocycles. The fourth-order valence-corrected chi connectivity index (χ4v) is 5.74. The summed E-state index contributed by atoms with van der Waals surface area (Å²) in [7, 11) is -3.44. The zero-order valence-electron chi connectivity index (χ0n) is 21.1. The lowest BCUT2D eigenvalue weighted by molar-refractivity contribution is 0.383. The van der Waals surface area contributed by atoms with Crippen LogP contribution in [0.4, 0.5) is 0 Å². The highest BCUT2D eigenvalue weighted by atomic mass is 32.2. The summed E-state index contributed by atoms with van der Waals surface area (Å²) in [6, 6.07) is 13.2. The van der Waals surface area contributed by atoms with Gasteiger partial charge in [0.15, 0.2) is 0 Å². The maximum atomic E-state index is 13.2. The van der Waals surface area contributed by atoms with E-state index in [1.54, 1.807) is 28.6 Å². The minimum Gasteiger partial charge on any atom is -0.207 e. The summed E-state index contributed by atoms with van der Waals surface area (Å²) in [5.74, 6) is 0. The van der Waals surface area contributed by atoms with Gasteiger partial charge in [0.1, 0.15) is 0 Å². The van der Waals surface area contributed by atoms with E-state index in [1.165, 1.54) is 38.5 Å². The molecule has 0 radical (unpaired) electrons. The van der Waals surface area contributed by atoms with Gasteiger partial charge < -0.3 is 0 Å². The molecule has 190 valence electrons. The largest absolute Gasteiger partial charge is 0.243 e. The van der Waals surface area contributed by atoms with Gasteiger partial charge in [0, 0.05) is 25.9 Å². The van der Waals surface area contributed by atoms with Crippen molar-refractivity contribution in [2.45, 2.75) is 120 Å². The highest BCUT2D eigenvalue weighted by Gasteiger charge is 2.23. The summed E-state index contributed by atoms with van der Waals surface area (Å²) >= 11 is 0. The summed E-state index contributed by atoms with van der Waals surface area (Å²) < 4.78 is 28.1. The predicted molar refractivity (Wildman–Crippen MR) is 140 cm³/mol. The first kappa shape index (κ1) is 30.1. The third kappa shape index (κ3) is 14.4. The molecule has 0 amide bonds. The van der Waals surface area contributed by atoms with E-state index in [0.29, 0.717) is 30.8 Å². The molecule has 0 spiro atoms. The van der Waals surface area contributed by atoms with Crippen LogP contribution in [0.25, 0.3) is 0 Å². The molecule has 0 unspecified atom stereocenters. The molecular weight excluding hydrogens is 442 g/mol. The predicted octanol–water partition coefficient (Wildman–Crippen LogP) is 7.75. The summed E-state index contributed by atoms with van der Waals surface area (Å²) in [6.45, 7) is 1.19. The number of nitrogens with zero attached hydrogens (tertiary/aromatic N) is 3. The number of hydrogen-bond donors (Lipinski definition) is 0. The first-order valence-electron chi connectivity index (χ1n) is 13.4. The van der Waals surface area contributed by atoms with Crippen LogP contribution in [0.1, 0.15) is 116 Å². The Morgan fingerprint density at radius 1 is 0.559 bits per heavy atom. The standard InChI is InChI=1S/C28H45N3O2S/c29-24-18-11-7-3-1-5-9-13-20-26-31(34(32,33)28-22-16-15-17-23-28)27-21-14-10-6-2-4-8-12-19-25-30/h15-17,22-23H,1-14,18-21,26-27H2. The van der Waals surface area contributed by atoms with Gasteiger partial charge in [-0.3, -0.25) is 0 Å². The number of sulfonamides is 1. The Hall–Kier alpha value is -1.89. The molecule has 6 heteroatoms. The summed E-state index contributed by atoms with van der Waals surface area (Å²) in [5.41, 5.74) is 0. The van der Waals surface area contributed by atoms with Gasteiger partial charge in [-0.05, 0) is 37.8 Å². The Kier molecular flexibility index (Phi) is 18.2. The number of hydrogen-bond acceptors (Lipinski definition) is 4. The number of benzene rings is 1. The van der Waals surface area contributed by atoms with Crippen LogP contribution in [0.2, 0.25) is 0 Å². The SMILES string of the molecule is N#CCCCCCCCCCCN(CCCCCCCCCCC#N)S(=O)(=O)c1ccccc1. The Morgan fingerprint density at radius 3 is 1.29 bits per heavy atom. The molecule has 1 aromatic rings. The van der Waals surface area contributed by atoms with E-state index in [2.05, 4.69) is 12.1 Å². The molecule has 34 heavy (non-hydrogen) atoms. The van der Waals surface area contributed by atoms with Gasteiger partial charge in [0.25, 0.3) is 0 Å². The first-order valence-corrected chi connectivity index (χ1v) is 14.9. The number of nitriles is 2. The highest BCUT2D eigenvalue weighted by molar-refractivity contribution is 7.89. The van der Waals surface area contributed by atoms with Crippen molar-refractivity contribution in [1.29, 1.82) is 10.5 Å². The second kappa shape index (κ2) is 20.5. The van der Waals surface area contributed by atoms with E-state index in [4.69, 9.17) is 10.5 Å². The smallest absolute Gasteiger partial charge is 0.207 e. The minimum atomic E-state index is -3.44. The second-order valence-electron chi connectivity index (χ2n) is 9.19. The van der Waals surface area contributed by atoms with Crippen molar-refractivity contribution in [3.8, 4) is 12.1 Å². The Balaban J connectivity index is 2.34. The molecule has 0 fully saturated rings. The lowest BCUT2D eigenvalue weighted by Crippen LogP contribution is -2.33. The van der Waals surface area contributed by atoms with Crippen molar-refractivity contribution in [3.63, 3.8) is 0 Å². The van der Waals surface area contributed by atoms with Crippen molar-refractivity contribution in [2.24, 2.45) is 0 Å². The van der Waals surface area contributed by atoms with Crippen molar-refractivity contribution >= 4 is 10.0 Å². The van der Waals surface area contributed by atoms with E-state index in [9.17, 15) is 8.42 Å². The molecular formula is C28H45N3O2S. The molecule has 0 heterocycles. The van der Waals surface area contributed by atoms with Crippen molar-refractivity contribution < 1.29 is 8.42 Å². The molecule has 0 saturated heterocycles. The van der Waals surface area contributed by atoms with Crippen molar-refractivity contribution in [1.82, 2.24) is 4.31 Å². The van der Waals surface area contributed by atoms with Crippen LogP contribution in [0.3, 0.4) is 0 Å². The minimum absolute atomic E-state index is 0.393. The lowest BCUT2D eigenvalue weighted by Gasteiger charge is -2.22. The Bertz CT molecular complexity index is 763. The fourth-order valence-electron chi connectivity index (χ4n) is 4.20. The van der Waals surface area contributed by atoms with E-state index < -0.39 is 10.0 Å². The normalized spacial score (nSPS) is 11.4. The van der Waals surface area contributed by atoms with Gasteiger partial charge in [-0.15, -0.1) is 0 Å². The van der Waals surface area contributed by atoms with Gasteiger partial charge in [0.05, 0.1) is 17.0 Å². The third-order valence-corrected chi connectivity index (χ3v) is 8.19. The zero-order valence-corrected chi connectivity index (χ0v) is 21.9. The maximum absolute atomic E-state index is 13.2. The van der Waals surface area contributed by atoms with Gasteiger partial charge in [0.2, 0.25) is 10.0 Å². The molecule has 0 saturated carbocycles. The third-order valence-electron chi connectivity index (χ3n) is 6.27. The summed E-state index contributed by atoms with van der Waals surface area (Å²) in [4.78, 5) is 0.393. The molecule has 0 aliphatic heterocycles. The van der Waals surface area contributed by atoms with Crippen molar-refractivity contribution in [3.05, 3.63) is 30.3 Å². The summed E-state index contributed by atoms with van der Waals surface area (Å²) in [6.07, 6.45) is 19.0. The fraction of sp³-hybridized carbons (Fsp3) is 0.714. The molecule has 1 rings (SSSR count). The number of rotatable bonds is 22. The van der Waals surface area contributed by atoms with Crippen LogP contribution in [-0.4, -0.2) is 25.8 Å². The van der Waals surface area contributed by atoms with Gasteiger partial charge in [-0.1, -0.05) is 95.2 Å². The van der Waals surface area contributed by atoms with Crippen molar-refractivity contribution in [2.75, 3.05) is 13.1 Å². The van der Waals surface area contributed by atoms with E-state index in [1.807, 2.05) is 6.07 Å². The van der Waals surface area contributed by atoms with Gasteiger partial charge in [-0.2, -0.15) is 14.8 Å². The molecule has 1 aromatic carbocycles. The first-order chi connectivity index (χ1) is 16.6. The van der Waals surface area contributed by atoms with Crippen LogP contribution >= 0.6 is 0 Å². The van der Waals surface area contributed by atoms with E-state index in [0.717, 1.165) is 64.2 Å². The van der Waals surface area contributed by atoms with E-state index in [-0.39, 0.29) is 0 Å². The average Bonchev–Trinajstić information content (AvgIpc) is 2.85. The average molecular weight is 488 g/mol. The molecule has 0 atom stereocenters. The van der Waals surface area contributed by atoms with Crippen LogP contribution in [0.5, 0.6) is 0 Å². The quantitative estimate of drug-likeness (QED) is 0.156. The molecule has 0 N–H and O–H groups in total. The zero-order chi connectivity index (χ0) is 24.7. The summed E-state index contributed by atoms with van der Waals surface area (Å²) in [5, 5.41) is 17.1. The maximum Gasteiger partial charge on any atom is 0.243 e. The molecule has 0 bridgehead atoms. The van der Waals surface area contributed by atoms with Crippen LogP contribution in [0, 0.1) is 22.7 Å². The topological polar surface area (TPSA) is 85.0 Å². The monoisotopic (exact) mass is 487 g/mol. The molecule has 0 aliphatic carbocycles. The Morgan fingerprint density at radius 2 is 0.912 bits per heavy atom. The van der Waals surface area contributed by atoms with Crippen LogP contribution < -0.4 is 0 Å². The Labute approximate surface area is 209 Å². The second-order valence-corrected chi connectivity index (χ2v) is 11.1. The highest BCUT2D eigenvalue weighted by Crippen LogP contribution is 2.19. The van der Waals surface area contributed by atoms with E-state index >= 15 is 0 Å². The lowest BCUT2D eigenvalue weighted by atomic mass is 10.1. The van der Waals surface area contributed by atoms with Gasteiger partial charge >= 0.3 is 0 Å². The number of unbranched alkanes of at least 4 members (excludes halogenated alkanes) is 16. The van der Waals surface area contributed by atoms with Gasteiger partial charge in [-0.25, -0.2) is 8.42 Å². The van der Waals surface area contributed by atoms with Crippen LogP contribution in [-0.2, 0) is 10.0 Å². The van der Waals surface area contributed by atoms with Crippen LogP contribution in [0.15, 0.2) is 35.2 Å². The molecule has 5 nitrogen and oxygen atoms in total. The molecule has 0 aliphatic rings.